The first kappa shape index (κ1) is 17.7. The summed E-state index contributed by atoms with van der Waals surface area (Å²) in [7, 11) is 1.33. The summed E-state index contributed by atoms with van der Waals surface area (Å²) in [5.74, 6) is 0.387. The molecule has 2 aromatic carbocycles. The summed E-state index contributed by atoms with van der Waals surface area (Å²) in [6.45, 7) is 0. The molecule has 0 amide bonds. The van der Waals surface area contributed by atoms with Crippen LogP contribution in [0.25, 0.3) is 0 Å². The van der Waals surface area contributed by atoms with Crippen molar-refractivity contribution in [3.63, 3.8) is 0 Å². The van der Waals surface area contributed by atoms with Crippen molar-refractivity contribution < 1.29 is 9.53 Å². The number of nitrogens with zero attached hydrogens (tertiary/aromatic N) is 2. The van der Waals surface area contributed by atoms with Crippen LogP contribution in [0.2, 0.25) is 0 Å². The smallest absolute Gasteiger partial charge is 0.339 e. The molecule has 0 fully saturated rings. The molecule has 132 valence electrons. The number of ether oxygens (including phenoxy) is 1. The predicted octanol–water partition coefficient (Wildman–Crippen LogP) is 4.10. The summed E-state index contributed by atoms with van der Waals surface area (Å²) in [5.41, 5.74) is 8.27. The lowest BCUT2D eigenvalue weighted by molar-refractivity contribution is 0.0602. The molecule has 3 aromatic rings. The molecule has 0 saturated carbocycles. The monoisotopic (exact) mass is 413 g/mol. The Bertz CT molecular complexity index is 948. The fourth-order valence-electron chi connectivity index (χ4n) is 2.31. The van der Waals surface area contributed by atoms with Gasteiger partial charge in [-0.3, -0.25) is 0 Å². The van der Waals surface area contributed by atoms with Crippen LogP contribution >= 0.6 is 15.9 Å². The van der Waals surface area contributed by atoms with E-state index in [1.54, 1.807) is 24.3 Å². The highest BCUT2D eigenvalue weighted by atomic mass is 79.9. The highest BCUT2D eigenvalue weighted by Crippen LogP contribution is 2.30. The summed E-state index contributed by atoms with van der Waals surface area (Å²) < 4.78 is 5.73. The molecule has 7 nitrogen and oxygen atoms in total. The minimum Gasteiger partial charge on any atom is -0.465 e. The van der Waals surface area contributed by atoms with E-state index in [2.05, 4.69) is 36.5 Å². The van der Waals surface area contributed by atoms with E-state index in [4.69, 9.17) is 10.5 Å². The molecule has 3 rings (SSSR count). The quantitative estimate of drug-likeness (QED) is 0.541. The molecule has 0 atom stereocenters. The first-order chi connectivity index (χ1) is 12.6. The number of benzene rings is 2. The zero-order chi connectivity index (χ0) is 18.5. The number of nitrogen functional groups attached to an aromatic ring is 1. The van der Waals surface area contributed by atoms with Gasteiger partial charge in [-0.1, -0.05) is 34.1 Å². The van der Waals surface area contributed by atoms with Crippen LogP contribution in [0.3, 0.4) is 0 Å². The third-order valence-corrected chi connectivity index (χ3v) is 4.05. The maximum atomic E-state index is 11.9. The number of carbonyl (C=O) groups excluding carboxylic acids is 1. The fraction of sp³-hybridized carbons (Fsp3) is 0.0556. The van der Waals surface area contributed by atoms with Gasteiger partial charge in [-0.05, 0) is 30.3 Å². The highest BCUT2D eigenvalue weighted by molar-refractivity contribution is 9.10. The second kappa shape index (κ2) is 7.83. The van der Waals surface area contributed by atoms with Crippen LogP contribution in [0.1, 0.15) is 10.4 Å². The second-order valence-corrected chi connectivity index (χ2v) is 6.20. The number of para-hydroxylation sites is 1. The van der Waals surface area contributed by atoms with Crippen LogP contribution in [-0.4, -0.2) is 23.0 Å². The van der Waals surface area contributed by atoms with Gasteiger partial charge in [-0.15, -0.1) is 0 Å². The molecule has 1 aromatic heterocycles. The van der Waals surface area contributed by atoms with E-state index in [9.17, 15) is 4.79 Å². The van der Waals surface area contributed by atoms with Crippen LogP contribution in [0, 0.1) is 0 Å². The van der Waals surface area contributed by atoms with Gasteiger partial charge in [0, 0.05) is 10.2 Å². The largest absolute Gasteiger partial charge is 0.465 e. The fourth-order valence-corrected chi connectivity index (χ4v) is 2.70. The molecule has 26 heavy (non-hydrogen) atoms. The summed E-state index contributed by atoms with van der Waals surface area (Å²) in [5, 5.41) is 6.22. The number of hydrogen-bond acceptors (Lipinski definition) is 7. The van der Waals surface area contributed by atoms with Crippen molar-refractivity contribution >= 4 is 50.6 Å². The van der Waals surface area contributed by atoms with Crippen molar-refractivity contribution in [1.29, 1.82) is 0 Å². The first-order valence-electron chi connectivity index (χ1n) is 7.66. The lowest BCUT2D eigenvalue weighted by Crippen LogP contribution is -2.09. The van der Waals surface area contributed by atoms with Crippen LogP contribution in [0.5, 0.6) is 0 Å². The standard InChI is InChI=1S/C18H16BrN5O2/c1-26-18(25)13-7-2-3-8-14(13)24-17-15(20)16(21-10-22-17)23-12-6-4-5-11(19)9-12/h2-10H,20H2,1H3,(H2,21,22,23,24). The van der Waals surface area contributed by atoms with Gasteiger partial charge in [0.15, 0.2) is 11.6 Å². The number of anilines is 5. The Balaban J connectivity index is 1.90. The van der Waals surface area contributed by atoms with Crippen molar-refractivity contribution in [3.05, 3.63) is 64.9 Å². The van der Waals surface area contributed by atoms with Crippen molar-refractivity contribution in [1.82, 2.24) is 9.97 Å². The first-order valence-corrected chi connectivity index (χ1v) is 8.45. The molecular weight excluding hydrogens is 398 g/mol. The summed E-state index contributed by atoms with van der Waals surface area (Å²) in [4.78, 5) is 20.3. The maximum Gasteiger partial charge on any atom is 0.339 e. The summed E-state index contributed by atoms with van der Waals surface area (Å²) in [6.07, 6.45) is 1.39. The van der Waals surface area contributed by atoms with E-state index in [1.165, 1.54) is 13.4 Å². The Labute approximate surface area is 158 Å². The van der Waals surface area contributed by atoms with Crippen LogP contribution in [0.4, 0.5) is 28.7 Å². The van der Waals surface area contributed by atoms with E-state index in [1.807, 2.05) is 24.3 Å². The third-order valence-electron chi connectivity index (χ3n) is 3.56. The number of hydrogen-bond donors (Lipinski definition) is 3. The number of halogens is 1. The predicted molar refractivity (Wildman–Crippen MR) is 105 cm³/mol. The van der Waals surface area contributed by atoms with Gasteiger partial charge < -0.3 is 21.1 Å². The van der Waals surface area contributed by atoms with Crippen molar-refractivity contribution in [2.24, 2.45) is 0 Å². The lowest BCUT2D eigenvalue weighted by atomic mass is 10.2. The molecule has 0 radical (unpaired) electrons. The second-order valence-electron chi connectivity index (χ2n) is 5.28. The maximum absolute atomic E-state index is 11.9. The van der Waals surface area contributed by atoms with Crippen LogP contribution < -0.4 is 16.4 Å². The molecule has 0 aliphatic heterocycles. The van der Waals surface area contributed by atoms with Crippen molar-refractivity contribution in [2.45, 2.75) is 0 Å². The molecule has 0 unspecified atom stereocenters. The zero-order valence-electron chi connectivity index (χ0n) is 13.9. The van der Waals surface area contributed by atoms with Gasteiger partial charge in [0.25, 0.3) is 0 Å². The molecule has 8 heteroatoms. The van der Waals surface area contributed by atoms with E-state index >= 15 is 0 Å². The van der Waals surface area contributed by atoms with E-state index in [0.717, 1.165) is 10.2 Å². The number of nitrogens with two attached hydrogens (primary N) is 1. The molecule has 0 spiro atoms. The lowest BCUT2D eigenvalue weighted by Gasteiger charge is -2.14. The average Bonchev–Trinajstić information content (AvgIpc) is 2.65. The summed E-state index contributed by atoms with van der Waals surface area (Å²) in [6, 6.07) is 14.6. The number of aromatic nitrogens is 2. The van der Waals surface area contributed by atoms with E-state index in [0.29, 0.717) is 28.6 Å². The Kier molecular flexibility index (Phi) is 5.33. The van der Waals surface area contributed by atoms with Crippen LogP contribution in [-0.2, 0) is 4.74 Å². The van der Waals surface area contributed by atoms with Crippen molar-refractivity contribution in [3.8, 4) is 0 Å². The third kappa shape index (κ3) is 3.92. The number of methoxy groups -OCH3 is 1. The van der Waals surface area contributed by atoms with Crippen LogP contribution in [0.15, 0.2) is 59.3 Å². The molecule has 0 bridgehead atoms. The number of rotatable bonds is 5. The zero-order valence-corrected chi connectivity index (χ0v) is 15.4. The van der Waals surface area contributed by atoms with Gasteiger partial charge in [-0.2, -0.15) is 0 Å². The Morgan fingerprint density at radius 2 is 1.81 bits per heavy atom. The SMILES string of the molecule is COC(=O)c1ccccc1Nc1ncnc(Nc2cccc(Br)c2)c1N. The van der Waals surface area contributed by atoms with E-state index < -0.39 is 5.97 Å². The molecule has 0 aliphatic rings. The summed E-state index contributed by atoms with van der Waals surface area (Å²) >= 11 is 3.42. The topological polar surface area (TPSA) is 102 Å². The molecule has 0 aliphatic carbocycles. The normalized spacial score (nSPS) is 10.2. The minimum atomic E-state index is -0.451. The van der Waals surface area contributed by atoms with E-state index in [-0.39, 0.29) is 0 Å². The molecular formula is C18H16BrN5O2. The Morgan fingerprint density at radius 1 is 1.08 bits per heavy atom. The molecule has 0 saturated heterocycles. The van der Waals surface area contributed by atoms with Gasteiger partial charge in [-0.25, -0.2) is 14.8 Å². The minimum absolute atomic E-state index is 0.326. The number of esters is 1. The van der Waals surface area contributed by atoms with Crippen molar-refractivity contribution in [2.75, 3.05) is 23.5 Å². The molecule has 1 heterocycles. The Morgan fingerprint density at radius 3 is 2.54 bits per heavy atom. The van der Waals surface area contributed by atoms with Gasteiger partial charge >= 0.3 is 5.97 Å². The van der Waals surface area contributed by atoms with Gasteiger partial charge in [0.2, 0.25) is 0 Å². The van der Waals surface area contributed by atoms with Gasteiger partial charge in [0.05, 0.1) is 18.4 Å². The van der Waals surface area contributed by atoms with Gasteiger partial charge in [0.1, 0.15) is 12.0 Å². The molecule has 4 N–H and O–H groups in total. The highest BCUT2D eigenvalue weighted by Gasteiger charge is 2.14. The number of nitrogens with one attached hydrogen (secondary N) is 2. The average molecular weight is 414 g/mol. The Hall–Kier alpha value is -3.13. The number of carbonyl (C=O) groups is 1.